The monoisotopic (exact) mass is 463 g/mol. The Labute approximate surface area is 192 Å². The van der Waals surface area contributed by atoms with Crippen LogP contribution in [0.3, 0.4) is 0 Å². The highest BCUT2D eigenvalue weighted by Gasteiger charge is 2.26. The largest absolute Gasteiger partial charge is 0.486 e. The summed E-state index contributed by atoms with van der Waals surface area (Å²) >= 11 is 0. The van der Waals surface area contributed by atoms with Crippen molar-refractivity contribution in [3.05, 3.63) is 59.6 Å². The molecule has 0 bridgehead atoms. The number of fused-ring (bicyclic) bond motifs is 2. The van der Waals surface area contributed by atoms with E-state index in [-0.39, 0.29) is 42.5 Å². The summed E-state index contributed by atoms with van der Waals surface area (Å²) < 4.78 is 16.7. The van der Waals surface area contributed by atoms with E-state index in [0.717, 1.165) is 30.5 Å². The third-order valence-electron chi connectivity index (χ3n) is 5.37. The van der Waals surface area contributed by atoms with E-state index in [9.17, 15) is 4.79 Å². The quantitative estimate of drug-likeness (QED) is 0.560. The van der Waals surface area contributed by atoms with Gasteiger partial charge in [0.05, 0.1) is 6.04 Å². The van der Waals surface area contributed by atoms with Gasteiger partial charge >= 0.3 is 0 Å². The van der Waals surface area contributed by atoms with Gasteiger partial charge in [0, 0.05) is 11.3 Å². The molecule has 0 saturated carbocycles. The smallest absolute Gasteiger partial charge is 0.274 e. The lowest BCUT2D eigenvalue weighted by molar-refractivity contribution is 0.0928. The van der Waals surface area contributed by atoms with Crippen LogP contribution in [-0.2, 0) is 6.42 Å². The van der Waals surface area contributed by atoms with E-state index >= 15 is 0 Å². The topological polar surface area (TPSA) is 99.6 Å². The molecule has 1 aromatic heterocycles. The van der Waals surface area contributed by atoms with E-state index in [1.807, 2.05) is 36.4 Å². The maximum Gasteiger partial charge on any atom is 0.274 e. The predicted molar refractivity (Wildman–Crippen MR) is 121 cm³/mol. The first-order valence-electron chi connectivity index (χ1n) is 9.72. The number of amides is 1. The van der Waals surface area contributed by atoms with Gasteiger partial charge in [0.15, 0.2) is 29.3 Å². The van der Waals surface area contributed by atoms with Crippen molar-refractivity contribution in [1.29, 1.82) is 0 Å². The predicted octanol–water partition coefficient (Wildman–Crippen LogP) is 4.35. The summed E-state index contributed by atoms with van der Waals surface area (Å²) in [5.41, 5.74) is 9.93. The Bertz CT molecular complexity index is 1090. The van der Waals surface area contributed by atoms with Gasteiger partial charge in [-0.05, 0) is 60.7 Å². The number of carbonyl (C=O) groups excluding carboxylic acids is 1. The first kappa shape index (κ1) is 22.8. The van der Waals surface area contributed by atoms with Gasteiger partial charge in [0.1, 0.15) is 13.2 Å². The third-order valence-corrected chi connectivity index (χ3v) is 5.37. The maximum absolute atomic E-state index is 13.0. The first-order valence-corrected chi connectivity index (χ1v) is 9.72. The Morgan fingerprint density at radius 1 is 1.06 bits per heavy atom. The van der Waals surface area contributed by atoms with Gasteiger partial charge in [-0.3, -0.25) is 4.79 Å². The lowest BCUT2D eigenvalue weighted by Crippen LogP contribution is -2.31. The number of nitrogen functional groups attached to an aromatic ring is 1. The first-order chi connectivity index (χ1) is 14.2. The molecule has 3 N–H and O–H groups in total. The lowest BCUT2D eigenvalue weighted by atomic mass is 9.87. The van der Waals surface area contributed by atoms with Crippen molar-refractivity contribution in [2.24, 2.45) is 0 Å². The Hall–Kier alpha value is -2.90. The molecule has 1 aliphatic carbocycles. The van der Waals surface area contributed by atoms with Gasteiger partial charge in [-0.15, -0.1) is 24.8 Å². The number of aryl methyl sites for hydroxylation is 1. The summed E-state index contributed by atoms with van der Waals surface area (Å²) in [5.74, 6) is 1.46. The third kappa shape index (κ3) is 4.43. The number of nitrogens with two attached hydrogens (primary N) is 1. The number of oxazole rings is 1. The number of aromatic nitrogens is 1. The van der Waals surface area contributed by atoms with Crippen LogP contribution < -0.4 is 20.5 Å². The summed E-state index contributed by atoms with van der Waals surface area (Å²) in [4.78, 5) is 17.2. The molecule has 2 aromatic carbocycles. The molecule has 0 fully saturated rings. The van der Waals surface area contributed by atoms with Crippen molar-refractivity contribution in [1.82, 2.24) is 10.3 Å². The molecular formula is C22H23Cl2N3O4. The number of nitrogens with one attached hydrogen (secondary N) is 1. The molecule has 164 valence electrons. The number of rotatable bonds is 3. The zero-order chi connectivity index (χ0) is 19.8. The van der Waals surface area contributed by atoms with E-state index < -0.39 is 0 Å². The minimum atomic E-state index is -0.265. The summed E-state index contributed by atoms with van der Waals surface area (Å²) in [5, 5.41) is 3.11. The Morgan fingerprint density at radius 3 is 2.71 bits per heavy atom. The van der Waals surface area contributed by atoms with E-state index in [1.165, 1.54) is 12.0 Å². The van der Waals surface area contributed by atoms with E-state index in [2.05, 4.69) is 10.3 Å². The second-order valence-corrected chi connectivity index (χ2v) is 7.27. The van der Waals surface area contributed by atoms with Crippen molar-refractivity contribution in [3.8, 4) is 22.8 Å². The summed E-state index contributed by atoms with van der Waals surface area (Å²) in [6, 6.07) is 11.3. The van der Waals surface area contributed by atoms with Gasteiger partial charge < -0.3 is 24.9 Å². The molecule has 2 aliphatic rings. The van der Waals surface area contributed by atoms with Gasteiger partial charge in [-0.1, -0.05) is 6.07 Å². The fourth-order valence-electron chi connectivity index (χ4n) is 4.01. The number of ether oxygens (including phenoxy) is 2. The number of hydrogen-bond donors (Lipinski definition) is 2. The number of benzene rings is 2. The van der Waals surface area contributed by atoms with Crippen LogP contribution in [0.2, 0.25) is 0 Å². The van der Waals surface area contributed by atoms with Crippen LogP contribution in [0, 0.1) is 0 Å². The molecule has 31 heavy (non-hydrogen) atoms. The number of carbonyl (C=O) groups is 1. The average molecular weight is 464 g/mol. The SMILES string of the molecule is Cl.Cl.Nc1ccc2c(c1)CCCC2NC(=O)c1ncoc1-c1ccc2c(c1)OCCO2. The Kier molecular flexibility index (Phi) is 6.97. The van der Waals surface area contributed by atoms with Gasteiger partial charge in [-0.25, -0.2) is 4.98 Å². The number of anilines is 1. The zero-order valence-electron chi connectivity index (χ0n) is 16.6. The molecule has 1 unspecified atom stereocenters. The lowest BCUT2D eigenvalue weighted by Gasteiger charge is -2.26. The van der Waals surface area contributed by atoms with Crippen LogP contribution in [-0.4, -0.2) is 24.1 Å². The van der Waals surface area contributed by atoms with Crippen molar-refractivity contribution in [2.75, 3.05) is 18.9 Å². The molecule has 0 saturated heterocycles. The second-order valence-electron chi connectivity index (χ2n) is 7.27. The molecule has 2 heterocycles. The highest BCUT2D eigenvalue weighted by molar-refractivity contribution is 5.98. The van der Waals surface area contributed by atoms with Crippen LogP contribution >= 0.6 is 24.8 Å². The van der Waals surface area contributed by atoms with Crippen LogP contribution in [0.4, 0.5) is 5.69 Å². The van der Waals surface area contributed by atoms with E-state index in [0.29, 0.717) is 36.0 Å². The van der Waals surface area contributed by atoms with Crippen LogP contribution in [0.15, 0.2) is 47.2 Å². The molecule has 0 spiro atoms. The summed E-state index contributed by atoms with van der Waals surface area (Å²) in [6.45, 7) is 1.02. The highest BCUT2D eigenvalue weighted by Crippen LogP contribution is 2.36. The second kappa shape index (κ2) is 9.49. The molecule has 9 heteroatoms. The molecule has 3 aromatic rings. The molecule has 1 aliphatic heterocycles. The highest BCUT2D eigenvalue weighted by atomic mass is 35.5. The van der Waals surface area contributed by atoms with Crippen LogP contribution in [0.5, 0.6) is 11.5 Å². The van der Waals surface area contributed by atoms with Gasteiger partial charge in [0.25, 0.3) is 5.91 Å². The molecule has 1 amide bonds. The fraction of sp³-hybridized carbons (Fsp3) is 0.273. The molecule has 7 nitrogen and oxygen atoms in total. The van der Waals surface area contributed by atoms with E-state index in [1.54, 1.807) is 0 Å². The normalized spacial score (nSPS) is 16.3. The minimum Gasteiger partial charge on any atom is -0.486 e. The van der Waals surface area contributed by atoms with Crippen molar-refractivity contribution >= 4 is 36.4 Å². The molecule has 5 rings (SSSR count). The summed E-state index contributed by atoms with van der Waals surface area (Å²) in [6.07, 6.45) is 4.13. The molecule has 1 atom stereocenters. The van der Waals surface area contributed by atoms with Crippen LogP contribution in [0.25, 0.3) is 11.3 Å². The number of nitrogens with zero attached hydrogens (tertiary/aromatic N) is 1. The maximum atomic E-state index is 13.0. The average Bonchev–Trinajstić information content (AvgIpc) is 3.23. The van der Waals surface area contributed by atoms with Crippen LogP contribution in [0.1, 0.15) is 40.5 Å². The zero-order valence-corrected chi connectivity index (χ0v) is 18.3. The minimum absolute atomic E-state index is 0. The molecular weight excluding hydrogens is 441 g/mol. The fourth-order valence-corrected chi connectivity index (χ4v) is 4.01. The van der Waals surface area contributed by atoms with Gasteiger partial charge in [0.2, 0.25) is 0 Å². The standard InChI is InChI=1S/C22H21N3O4.2ClH/c23-15-5-6-16-13(10-15)2-1-3-17(16)25-22(26)20-21(29-12-24-20)14-4-7-18-19(11-14)28-9-8-27-18;;/h4-7,10-12,17H,1-3,8-9,23H2,(H,25,26);2*1H. The summed E-state index contributed by atoms with van der Waals surface area (Å²) in [7, 11) is 0. The van der Waals surface area contributed by atoms with Crippen molar-refractivity contribution in [3.63, 3.8) is 0 Å². The Morgan fingerprint density at radius 2 is 1.87 bits per heavy atom. The Balaban J connectivity index is 0.00000136. The van der Waals surface area contributed by atoms with Crippen molar-refractivity contribution < 1.29 is 18.7 Å². The molecule has 0 radical (unpaired) electrons. The van der Waals surface area contributed by atoms with E-state index in [4.69, 9.17) is 19.6 Å². The van der Waals surface area contributed by atoms with Gasteiger partial charge in [-0.2, -0.15) is 0 Å². The number of hydrogen-bond acceptors (Lipinski definition) is 6. The number of halogens is 2. The van der Waals surface area contributed by atoms with Crippen molar-refractivity contribution in [2.45, 2.75) is 25.3 Å².